The zero-order valence-electron chi connectivity index (χ0n) is 11.2. The summed E-state index contributed by atoms with van der Waals surface area (Å²) in [5, 5.41) is 0.519. The average Bonchev–Trinajstić information content (AvgIpc) is 2.84. The van der Waals surface area contributed by atoms with Crippen molar-refractivity contribution >= 4 is 34.2 Å². The van der Waals surface area contributed by atoms with Crippen LogP contribution in [-0.2, 0) is 6.42 Å². The number of aryl methyl sites for hydroxylation is 1. The standard InChI is InChI=1S/C13H16ClIN4/c1-4-5-9-11(15)12(14)18-13(17-9)10-6-16-7-19(10)8(2)3/h6-8H,4-5H2,1-3H3. The highest BCUT2D eigenvalue weighted by atomic mass is 127. The molecular weight excluding hydrogens is 375 g/mol. The van der Waals surface area contributed by atoms with Crippen molar-refractivity contribution in [1.82, 2.24) is 19.5 Å². The normalized spacial score (nSPS) is 11.3. The maximum Gasteiger partial charge on any atom is 0.179 e. The molecule has 2 rings (SSSR count). The van der Waals surface area contributed by atoms with Crippen molar-refractivity contribution < 1.29 is 0 Å². The van der Waals surface area contributed by atoms with Gasteiger partial charge in [-0.05, 0) is 42.9 Å². The fraction of sp³-hybridized carbons (Fsp3) is 0.462. The maximum atomic E-state index is 6.22. The third-order valence-electron chi connectivity index (χ3n) is 2.82. The van der Waals surface area contributed by atoms with Gasteiger partial charge in [0.25, 0.3) is 0 Å². The summed E-state index contributed by atoms with van der Waals surface area (Å²) in [4.78, 5) is 13.2. The predicted molar refractivity (Wildman–Crippen MR) is 85.4 cm³/mol. The van der Waals surface area contributed by atoms with E-state index in [2.05, 4.69) is 58.3 Å². The Kier molecular flexibility index (Phi) is 4.78. The second-order valence-electron chi connectivity index (χ2n) is 4.63. The molecule has 0 unspecified atom stereocenters. The average molecular weight is 391 g/mol. The van der Waals surface area contributed by atoms with E-state index in [-0.39, 0.29) is 0 Å². The minimum atomic E-state index is 0.314. The predicted octanol–water partition coefficient (Wildman–Crippen LogP) is 4.13. The molecule has 0 radical (unpaired) electrons. The van der Waals surface area contributed by atoms with E-state index in [4.69, 9.17) is 11.6 Å². The molecule has 2 aromatic heterocycles. The van der Waals surface area contributed by atoms with Gasteiger partial charge in [-0.2, -0.15) is 0 Å². The van der Waals surface area contributed by atoms with Crippen LogP contribution in [0.15, 0.2) is 12.5 Å². The van der Waals surface area contributed by atoms with Crippen LogP contribution in [0.5, 0.6) is 0 Å². The molecule has 2 heterocycles. The van der Waals surface area contributed by atoms with E-state index in [0.717, 1.165) is 27.8 Å². The van der Waals surface area contributed by atoms with Crippen molar-refractivity contribution in [2.45, 2.75) is 39.7 Å². The highest BCUT2D eigenvalue weighted by Gasteiger charge is 2.15. The zero-order chi connectivity index (χ0) is 14.0. The van der Waals surface area contributed by atoms with Crippen LogP contribution in [0.3, 0.4) is 0 Å². The topological polar surface area (TPSA) is 43.6 Å². The van der Waals surface area contributed by atoms with Crippen LogP contribution in [-0.4, -0.2) is 19.5 Å². The number of hydrogen-bond donors (Lipinski definition) is 0. The van der Waals surface area contributed by atoms with E-state index >= 15 is 0 Å². The summed E-state index contributed by atoms with van der Waals surface area (Å²) in [6.45, 7) is 6.34. The molecule has 4 nitrogen and oxygen atoms in total. The van der Waals surface area contributed by atoms with E-state index in [9.17, 15) is 0 Å². The van der Waals surface area contributed by atoms with Crippen LogP contribution in [0.1, 0.15) is 38.9 Å². The third kappa shape index (κ3) is 3.08. The first-order chi connectivity index (χ1) is 9.04. The Morgan fingerprint density at radius 3 is 2.74 bits per heavy atom. The number of hydrogen-bond acceptors (Lipinski definition) is 3. The van der Waals surface area contributed by atoms with Crippen LogP contribution in [0.2, 0.25) is 5.15 Å². The van der Waals surface area contributed by atoms with Crippen LogP contribution < -0.4 is 0 Å². The number of aromatic nitrogens is 4. The first-order valence-electron chi connectivity index (χ1n) is 6.28. The Hall–Kier alpha value is -0.690. The van der Waals surface area contributed by atoms with Crippen molar-refractivity contribution in [3.05, 3.63) is 26.9 Å². The van der Waals surface area contributed by atoms with E-state index in [0.29, 0.717) is 17.0 Å². The molecule has 0 fully saturated rings. The van der Waals surface area contributed by atoms with E-state index in [1.54, 1.807) is 12.5 Å². The van der Waals surface area contributed by atoms with Gasteiger partial charge in [-0.15, -0.1) is 0 Å². The van der Waals surface area contributed by atoms with Crippen LogP contribution in [0.25, 0.3) is 11.5 Å². The largest absolute Gasteiger partial charge is 0.325 e. The van der Waals surface area contributed by atoms with Crippen molar-refractivity contribution in [2.24, 2.45) is 0 Å². The van der Waals surface area contributed by atoms with Crippen molar-refractivity contribution in [3.63, 3.8) is 0 Å². The molecule has 0 N–H and O–H groups in total. The molecule has 0 saturated carbocycles. The molecule has 0 aliphatic carbocycles. The summed E-state index contributed by atoms with van der Waals surface area (Å²) >= 11 is 8.42. The summed E-state index contributed by atoms with van der Waals surface area (Å²) in [5.74, 6) is 0.653. The SMILES string of the molecule is CCCc1nc(-c2cncn2C(C)C)nc(Cl)c1I. The van der Waals surface area contributed by atoms with Gasteiger partial charge in [0.2, 0.25) is 0 Å². The lowest BCUT2D eigenvalue weighted by Gasteiger charge is -2.12. The summed E-state index contributed by atoms with van der Waals surface area (Å²) in [6.07, 6.45) is 5.53. The van der Waals surface area contributed by atoms with Gasteiger partial charge in [0, 0.05) is 6.04 Å². The zero-order valence-corrected chi connectivity index (χ0v) is 14.1. The first-order valence-corrected chi connectivity index (χ1v) is 7.74. The van der Waals surface area contributed by atoms with Crippen LogP contribution in [0, 0.1) is 3.57 Å². The number of nitrogens with zero attached hydrogens (tertiary/aromatic N) is 4. The number of rotatable bonds is 4. The lowest BCUT2D eigenvalue weighted by molar-refractivity contribution is 0.603. The van der Waals surface area contributed by atoms with Crippen LogP contribution in [0.4, 0.5) is 0 Å². The Morgan fingerprint density at radius 1 is 1.37 bits per heavy atom. The van der Waals surface area contributed by atoms with E-state index < -0.39 is 0 Å². The molecule has 0 aliphatic rings. The molecule has 102 valence electrons. The Labute approximate surface area is 131 Å². The number of imidazole rings is 1. The highest BCUT2D eigenvalue weighted by molar-refractivity contribution is 14.1. The molecule has 19 heavy (non-hydrogen) atoms. The molecule has 0 spiro atoms. The van der Waals surface area contributed by atoms with E-state index in [1.807, 2.05) is 4.57 Å². The van der Waals surface area contributed by atoms with Gasteiger partial charge in [-0.3, -0.25) is 0 Å². The summed E-state index contributed by atoms with van der Waals surface area (Å²) < 4.78 is 2.99. The second kappa shape index (κ2) is 6.17. The lowest BCUT2D eigenvalue weighted by atomic mass is 10.2. The fourth-order valence-corrected chi connectivity index (χ4v) is 2.57. The van der Waals surface area contributed by atoms with Crippen molar-refractivity contribution in [1.29, 1.82) is 0 Å². The van der Waals surface area contributed by atoms with Gasteiger partial charge in [0.15, 0.2) is 5.82 Å². The van der Waals surface area contributed by atoms with Gasteiger partial charge in [-0.25, -0.2) is 15.0 Å². The van der Waals surface area contributed by atoms with Gasteiger partial charge in [0.05, 0.1) is 21.8 Å². The number of halogens is 2. The van der Waals surface area contributed by atoms with Crippen molar-refractivity contribution in [3.8, 4) is 11.5 Å². The first kappa shape index (κ1) is 14.7. The molecule has 0 bridgehead atoms. The smallest absolute Gasteiger partial charge is 0.179 e. The molecular formula is C13H16ClIN4. The quantitative estimate of drug-likeness (QED) is 0.582. The van der Waals surface area contributed by atoms with Gasteiger partial charge in [0.1, 0.15) is 10.8 Å². The molecule has 0 saturated heterocycles. The Balaban J connectivity index is 2.53. The summed E-state index contributed by atoms with van der Waals surface area (Å²) in [7, 11) is 0. The van der Waals surface area contributed by atoms with Gasteiger partial charge in [-0.1, -0.05) is 24.9 Å². The Bertz CT molecular complexity index is 580. The molecule has 0 aromatic carbocycles. The third-order valence-corrected chi connectivity index (χ3v) is 4.54. The van der Waals surface area contributed by atoms with Gasteiger partial charge < -0.3 is 4.57 Å². The fourth-order valence-electron chi connectivity index (χ4n) is 1.87. The molecule has 2 aromatic rings. The molecule has 6 heteroatoms. The summed E-state index contributed by atoms with van der Waals surface area (Å²) in [5.41, 5.74) is 1.92. The lowest BCUT2D eigenvalue weighted by Crippen LogP contribution is -2.06. The maximum absolute atomic E-state index is 6.22. The highest BCUT2D eigenvalue weighted by Crippen LogP contribution is 2.25. The Morgan fingerprint density at radius 2 is 2.11 bits per heavy atom. The van der Waals surface area contributed by atoms with E-state index in [1.165, 1.54) is 0 Å². The molecule has 0 atom stereocenters. The minimum Gasteiger partial charge on any atom is -0.325 e. The van der Waals surface area contributed by atoms with Gasteiger partial charge >= 0.3 is 0 Å². The molecule has 0 aliphatic heterocycles. The summed E-state index contributed by atoms with van der Waals surface area (Å²) in [6, 6.07) is 0.314. The van der Waals surface area contributed by atoms with Crippen LogP contribution >= 0.6 is 34.2 Å². The molecule has 0 amide bonds. The minimum absolute atomic E-state index is 0.314. The second-order valence-corrected chi connectivity index (χ2v) is 6.07. The monoisotopic (exact) mass is 390 g/mol. The van der Waals surface area contributed by atoms with Crippen molar-refractivity contribution in [2.75, 3.05) is 0 Å².